The lowest BCUT2D eigenvalue weighted by molar-refractivity contribution is 0.0950. The maximum Gasteiger partial charge on any atom is 0.255 e. The minimum absolute atomic E-state index is 0.103. The van der Waals surface area contributed by atoms with Gasteiger partial charge in [-0.1, -0.05) is 13.8 Å². The van der Waals surface area contributed by atoms with E-state index < -0.39 is 0 Å². The molecule has 0 unspecified atom stereocenters. The number of ether oxygens (including phenoxy) is 1. The SMILES string of the molecule is CC(C)CCNC(=O)c1ccc(C(=O)Nc2ccc(OC(C)C)cc2)cc1. The lowest BCUT2D eigenvalue weighted by Gasteiger charge is -2.11. The van der Waals surface area contributed by atoms with E-state index in [1.807, 2.05) is 26.0 Å². The summed E-state index contributed by atoms with van der Waals surface area (Å²) in [6.07, 6.45) is 1.04. The minimum atomic E-state index is -0.223. The van der Waals surface area contributed by atoms with E-state index in [-0.39, 0.29) is 17.9 Å². The molecule has 2 aromatic carbocycles. The molecule has 2 rings (SSSR count). The van der Waals surface area contributed by atoms with Crippen molar-refractivity contribution in [1.29, 1.82) is 0 Å². The fourth-order valence-electron chi connectivity index (χ4n) is 2.44. The number of hydrogen-bond donors (Lipinski definition) is 2. The zero-order valence-corrected chi connectivity index (χ0v) is 16.4. The predicted molar refractivity (Wildman–Crippen MR) is 108 cm³/mol. The first-order chi connectivity index (χ1) is 12.8. The van der Waals surface area contributed by atoms with Crippen molar-refractivity contribution in [2.24, 2.45) is 5.92 Å². The van der Waals surface area contributed by atoms with Crippen molar-refractivity contribution < 1.29 is 14.3 Å². The van der Waals surface area contributed by atoms with E-state index in [9.17, 15) is 9.59 Å². The second kappa shape index (κ2) is 9.76. The summed E-state index contributed by atoms with van der Waals surface area (Å²) in [5.74, 6) is 0.959. The van der Waals surface area contributed by atoms with Gasteiger partial charge >= 0.3 is 0 Å². The quantitative estimate of drug-likeness (QED) is 0.721. The van der Waals surface area contributed by atoms with E-state index in [1.54, 1.807) is 36.4 Å². The summed E-state index contributed by atoms with van der Waals surface area (Å²) < 4.78 is 5.58. The van der Waals surface area contributed by atoms with Crippen LogP contribution in [0.5, 0.6) is 5.75 Å². The molecule has 27 heavy (non-hydrogen) atoms. The maximum absolute atomic E-state index is 12.4. The molecule has 0 saturated heterocycles. The van der Waals surface area contributed by atoms with Gasteiger partial charge in [-0.2, -0.15) is 0 Å². The van der Waals surface area contributed by atoms with Crippen LogP contribution < -0.4 is 15.4 Å². The first kappa shape index (κ1) is 20.5. The van der Waals surface area contributed by atoms with Gasteiger partial charge in [0.1, 0.15) is 5.75 Å². The van der Waals surface area contributed by atoms with Crippen LogP contribution in [0.4, 0.5) is 5.69 Å². The third-order valence-corrected chi connectivity index (χ3v) is 3.90. The molecule has 2 amide bonds. The molecule has 5 heteroatoms. The van der Waals surface area contributed by atoms with Crippen molar-refractivity contribution in [2.45, 2.75) is 40.2 Å². The van der Waals surface area contributed by atoms with Gasteiger partial charge in [0.15, 0.2) is 0 Å². The molecular formula is C22H28N2O3. The van der Waals surface area contributed by atoms with E-state index in [0.29, 0.717) is 29.3 Å². The number of carbonyl (C=O) groups is 2. The highest BCUT2D eigenvalue weighted by Gasteiger charge is 2.09. The molecule has 144 valence electrons. The van der Waals surface area contributed by atoms with Crippen LogP contribution in [-0.4, -0.2) is 24.5 Å². The average Bonchev–Trinajstić information content (AvgIpc) is 2.62. The molecule has 2 aromatic rings. The smallest absolute Gasteiger partial charge is 0.255 e. The summed E-state index contributed by atoms with van der Waals surface area (Å²) in [5.41, 5.74) is 1.73. The van der Waals surface area contributed by atoms with E-state index in [2.05, 4.69) is 24.5 Å². The third kappa shape index (κ3) is 6.77. The van der Waals surface area contributed by atoms with E-state index >= 15 is 0 Å². The predicted octanol–water partition coefficient (Wildman–Crippen LogP) is 4.50. The van der Waals surface area contributed by atoms with Gasteiger partial charge in [-0.05, 0) is 74.7 Å². The second-order valence-corrected chi connectivity index (χ2v) is 7.16. The van der Waals surface area contributed by atoms with Crippen LogP contribution in [0.1, 0.15) is 54.8 Å². The molecule has 0 saturated carbocycles. The van der Waals surface area contributed by atoms with Gasteiger partial charge < -0.3 is 15.4 Å². The summed E-state index contributed by atoms with van der Waals surface area (Å²) in [5, 5.41) is 5.73. The minimum Gasteiger partial charge on any atom is -0.491 e. The Bertz CT molecular complexity index is 750. The zero-order chi connectivity index (χ0) is 19.8. The Hall–Kier alpha value is -2.82. The molecule has 0 fully saturated rings. The number of benzene rings is 2. The molecule has 0 atom stereocenters. The Morgan fingerprint density at radius 2 is 1.41 bits per heavy atom. The monoisotopic (exact) mass is 368 g/mol. The highest BCUT2D eigenvalue weighted by Crippen LogP contribution is 2.17. The van der Waals surface area contributed by atoms with E-state index in [4.69, 9.17) is 4.74 Å². The molecule has 0 bridgehead atoms. The number of amides is 2. The van der Waals surface area contributed by atoms with Crippen molar-refractivity contribution in [1.82, 2.24) is 5.32 Å². The fraction of sp³-hybridized carbons (Fsp3) is 0.364. The largest absolute Gasteiger partial charge is 0.491 e. The summed E-state index contributed by atoms with van der Waals surface area (Å²) >= 11 is 0. The van der Waals surface area contributed by atoms with Crippen molar-refractivity contribution in [3.05, 3.63) is 59.7 Å². The highest BCUT2D eigenvalue weighted by molar-refractivity contribution is 6.05. The third-order valence-electron chi connectivity index (χ3n) is 3.90. The number of rotatable bonds is 8. The van der Waals surface area contributed by atoms with Crippen molar-refractivity contribution in [3.8, 4) is 5.75 Å². The van der Waals surface area contributed by atoms with Crippen LogP contribution in [0.15, 0.2) is 48.5 Å². The Morgan fingerprint density at radius 3 is 1.93 bits per heavy atom. The average molecular weight is 368 g/mol. The molecule has 0 spiro atoms. The van der Waals surface area contributed by atoms with Crippen molar-refractivity contribution in [2.75, 3.05) is 11.9 Å². The fourth-order valence-corrected chi connectivity index (χ4v) is 2.44. The number of hydrogen-bond acceptors (Lipinski definition) is 3. The topological polar surface area (TPSA) is 67.4 Å². The second-order valence-electron chi connectivity index (χ2n) is 7.16. The molecular weight excluding hydrogens is 340 g/mol. The number of nitrogens with one attached hydrogen (secondary N) is 2. The van der Waals surface area contributed by atoms with Gasteiger partial charge in [-0.15, -0.1) is 0 Å². The number of carbonyl (C=O) groups excluding carboxylic acids is 2. The van der Waals surface area contributed by atoms with Gasteiger partial charge in [0.05, 0.1) is 6.10 Å². The van der Waals surface area contributed by atoms with Crippen LogP contribution in [0.2, 0.25) is 0 Å². The van der Waals surface area contributed by atoms with Gasteiger partial charge in [-0.25, -0.2) is 0 Å². The first-order valence-corrected chi connectivity index (χ1v) is 9.31. The van der Waals surface area contributed by atoms with E-state index in [1.165, 1.54) is 0 Å². The zero-order valence-electron chi connectivity index (χ0n) is 16.4. The van der Waals surface area contributed by atoms with Gasteiger partial charge in [-0.3, -0.25) is 9.59 Å². The van der Waals surface area contributed by atoms with Crippen LogP contribution in [0, 0.1) is 5.92 Å². The Kier molecular flexibility index (Phi) is 7.41. The molecule has 0 radical (unpaired) electrons. The molecule has 0 aliphatic rings. The number of anilines is 1. The molecule has 0 aliphatic carbocycles. The van der Waals surface area contributed by atoms with Gasteiger partial charge in [0.2, 0.25) is 0 Å². The molecule has 0 aromatic heterocycles. The van der Waals surface area contributed by atoms with Crippen molar-refractivity contribution >= 4 is 17.5 Å². The van der Waals surface area contributed by atoms with E-state index in [0.717, 1.165) is 12.2 Å². The van der Waals surface area contributed by atoms with Crippen molar-refractivity contribution in [3.63, 3.8) is 0 Å². The lowest BCUT2D eigenvalue weighted by atomic mass is 10.1. The highest BCUT2D eigenvalue weighted by atomic mass is 16.5. The van der Waals surface area contributed by atoms with Crippen LogP contribution in [-0.2, 0) is 0 Å². The summed E-state index contributed by atoms with van der Waals surface area (Å²) in [4.78, 5) is 24.4. The molecule has 5 nitrogen and oxygen atoms in total. The first-order valence-electron chi connectivity index (χ1n) is 9.31. The molecule has 2 N–H and O–H groups in total. The van der Waals surface area contributed by atoms with Crippen LogP contribution >= 0.6 is 0 Å². The maximum atomic E-state index is 12.4. The Labute approximate surface area is 161 Å². The van der Waals surface area contributed by atoms with Crippen LogP contribution in [0.3, 0.4) is 0 Å². The Balaban J connectivity index is 1.92. The van der Waals surface area contributed by atoms with Gasteiger partial charge in [0.25, 0.3) is 11.8 Å². The summed E-state index contributed by atoms with van der Waals surface area (Å²) in [6, 6.07) is 13.9. The molecule has 0 aliphatic heterocycles. The molecule has 0 heterocycles. The Morgan fingerprint density at radius 1 is 0.852 bits per heavy atom. The lowest BCUT2D eigenvalue weighted by Crippen LogP contribution is -2.25. The summed E-state index contributed by atoms with van der Waals surface area (Å²) in [7, 11) is 0. The summed E-state index contributed by atoms with van der Waals surface area (Å²) in [6.45, 7) is 8.80. The van der Waals surface area contributed by atoms with Gasteiger partial charge in [0, 0.05) is 23.4 Å². The standard InChI is InChI=1S/C22H28N2O3/c1-15(2)13-14-23-21(25)17-5-7-18(8-6-17)22(26)24-19-9-11-20(12-10-19)27-16(3)4/h5-12,15-16H,13-14H2,1-4H3,(H,23,25)(H,24,26). The normalized spacial score (nSPS) is 10.7. The van der Waals surface area contributed by atoms with Crippen LogP contribution in [0.25, 0.3) is 0 Å².